The van der Waals surface area contributed by atoms with Crippen molar-refractivity contribution in [3.63, 3.8) is 0 Å². The van der Waals surface area contributed by atoms with Crippen molar-refractivity contribution in [1.82, 2.24) is 0 Å². The average molecular weight is 1470 g/mol. The Balaban J connectivity index is -0.000000158. The highest BCUT2D eigenvalue weighted by Crippen LogP contribution is 2.57. The first kappa shape index (κ1) is 112. The van der Waals surface area contributed by atoms with Crippen LogP contribution in [0.25, 0.3) is 0 Å². The summed E-state index contributed by atoms with van der Waals surface area (Å²) in [6.07, 6.45) is -21.8. The summed E-state index contributed by atoms with van der Waals surface area (Å²) in [5.74, 6) is -1.05. The lowest BCUT2D eigenvalue weighted by molar-refractivity contribution is -0.259. The number of halogens is 21. The normalized spacial score (nSPS) is 16.6. The van der Waals surface area contributed by atoms with E-state index in [1.165, 1.54) is 68.2 Å². The minimum atomic E-state index is -4.12. The van der Waals surface area contributed by atoms with Gasteiger partial charge >= 0.3 is 43.2 Å². The van der Waals surface area contributed by atoms with Gasteiger partial charge in [-0.05, 0) is 128 Å². The number of alkyl halides is 21. The lowest BCUT2D eigenvalue weighted by Gasteiger charge is -2.46. The van der Waals surface area contributed by atoms with E-state index in [1.54, 1.807) is 76.2 Å². The third-order valence-corrected chi connectivity index (χ3v) is 24.6. The first-order valence-corrected chi connectivity index (χ1v) is 36.4. The van der Waals surface area contributed by atoms with Crippen LogP contribution in [0.1, 0.15) is 352 Å². The van der Waals surface area contributed by atoms with Crippen LogP contribution in [-0.4, -0.2) is 43.2 Å². The molecule has 21 heteroatoms. The molecule has 0 aliphatic carbocycles. The summed E-state index contributed by atoms with van der Waals surface area (Å²) in [7, 11) is 0. The molecule has 0 rings (SSSR count). The van der Waals surface area contributed by atoms with Crippen LogP contribution in [0.4, 0.5) is 92.2 Å². The van der Waals surface area contributed by atoms with Gasteiger partial charge in [0.2, 0.25) is 0 Å². The van der Waals surface area contributed by atoms with Crippen LogP contribution < -0.4 is 0 Å². The summed E-state index contributed by atoms with van der Waals surface area (Å²) in [6, 6.07) is 0. The van der Waals surface area contributed by atoms with Crippen molar-refractivity contribution in [2.75, 3.05) is 0 Å². The molecule has 0 unspecified atom stereocenters. The monoisotopic (exact) mass is 1470 g/mol. The number of rotatable bonds is 24. The molecule has 98 heavy (non-hydrogen) atoms. The summed E-state index contributed by atoms with van der Waals surface area (Å²) in [6.45, 7) is 64.6. The zero-order valence-corrected chi connectivity index (χ0v) is 68.7. The highest BCUT2D eigenvalue weighted by molar-refractivity contribution is 4.96. The lowest BCUT2D eigenvalue weighted by atomic mass is 9.60. The van der Waals surface area contributed by atoms with Crippen molar-refractivity contribution in [3.8, 4) is 0 Å². The van der Waals surface area contributed by atoms with Crippen molar-refractivity contribution in [2.45, 2.75) is 396 Å². The second-order valence-corrected chi connectivity index (χ2v) is 32.6. The molecule has 0 spiro atoms. The van der Waals surface area contributed by atoms with E-state index in [0.29, 0.717) is 42.9 Å². The van der Waals surface area contributed by atoms with E-state index < -0.39 is 86.6 Å². The second kappa shape index (κ2) is 43.8. The fourth-order valence-electron chi connectivity index (χ4n) is 13.4. The Morgan fingerprint density at radius 3 is 0.541 bits per heavy atom. The van der Waals surface area contributed by atoms with Crippen LogP contribution >= 0.6 is 0 Å². The quantitative estimate of drug-likeness (QED) is 0.0845. The van der Waals surface area contributed by atoms with Gasteiger partial charge in [-0.25, -0.2) is 0 Å². The Labute approximate surface area is 587 Å². The smallest absolute Gasteiger partial charge is 0.171 e. The Morgan fingerprint density at radius 1 is 0.235 bits per heavy atom. The van der Waals surface area contributed by atoms with Gasteiger partial charge in [-0.15, -0.1) is 0 Å². The molecule has 0 aromatic heterocycles. The molecule has 0 bridgehead atoms. The molecule has 0 saturated heterocycles. The molecule has 0 fully saturated rings. The zero-order valence-electron chi connectivity index (χ0n) is 68.7. The van der Waals surface area contributed by atoms with Crippen molar-refractivity contribution in [2.24, 2.45) is 101 Å². The van der Waals surface area contributed by atoms with Crippen molar-refractivity contribution in [1.29, 1.82) is 0 Å². The van der Waals surface area contributed by atoms with E-state index in [2.05, 4.69) is 41.5 Å². The van der Waals surface area contributed by atoms with E-state index in [1.807, 2.05) is 83.1 Å². The highest BCUT2D eigenvalue weighted by atomic mass is 19.4. The van der Waals surface area contributed by atoms with Crippen LogP contribution in [0, 0.1) is 101 Å². The SMILES string of the molecule is CC(C)C(C(C)C)C(C)(C)C(F)(F)F.CCC(C)(CC)C(C)(C)C.CCC(C)(CC)C(F)(F)F.CCC(C)(CC)[C@](C)(CC)C(F)(F)F.CCC(CC)[C@](C)(CC)C(F)(F)F.CCC[C@](C)(CC)C(F)(F)F.CC[C@@](C)(C(C(C)C)C(C)C)C(F)(F)F.CC[C@@](C)(C(C)C)C(F)(F)F. The van der Waals surface area contributed by atoms with Crippen LogP contribution in [0.3, 0.4) is 0 Å². The van der Waals surface area contributed by atoms with Crippen LogP contribution in [-0.2, 0) is 0 Å². The van der Waals surface area contributed by atoms with E-state index in [9.17, 15) is 92.2 Å². The third kappa shape index (κ3) is 32.1. The molecule has 0 nitrogen and oxygen atoms in total. The predicted octanol–water partition coefficient (Wildman–Crippen LogP) is 33.2. The van der Waals surface area contributed by atoms with E-state index in [4.69, 9.17) is 0 Å². The fraction of sp³-hybridized carbons (Fsp3) is 1.00. The van der Waals surface area contributed by atoms with Gasteiger partial charge in [-0.2, -0.15) is 92.2 Å². The average Bonchev–Trinajstić information content (AvgIpc) is 0.776. The Morgan fingerprint density at radius 2 is 0.490 bits per heavy atom. The Hall–Kier alpha value is -1.47. The molecule has 5 atom stereocenters. The first-order valence-electron chi connectivity index (χ1n) is 36.4. The van der Waals surface area contributed by atoms with Crippen molar-refractivity contribution < 1.29 is 92.2 Å². The Bertz CT molecular complexity index is 1930. The maximum atomic E-state index is 13.1. The maximum absolute atomic E-state index is 13.1. The maximum Gasteiger partial charge on any atom is 0.394 e. The topological polar surface area (TPSA) is 0 Å². The standard InChI is InChI=1S/C12H23F3.2C11H21F3.C10H19F3.C10H22.2C8H15F3.C7H13F3/c1-7-11(6,12(13,14)15)10(8(2)3)9(4)5;1-7(2)9(8(3)4)10(5,6)11(12,13)14;1-6-9(4,7-2)10(5,8-3)11(12,13)14;1-5-8(6-2)9(4,7-3)10(11,12)13;1-7-10(6,8-2)9(3,4)5;1-5-7(4,6(2)3)8(9,10)11;1-4-6-7(3,5-2)8(9,10)11;1-4-6(3,5-2)7(8,9)10/h8-10H,7H2,1-6H3;7-9H,1-6H3;6-8H2,1-5H3;8H,5-7H2,1-4H3;7-8H2,1-6H3;6H,5H2,1-4H3;4-6H2,1-3H3;4-5H2,1-3H3/t11-;;10-;9-;;2*7-;/m0.00.00./s1. The zero-order chi connectivity index (χ0) is 81.7. The molecule has 0 aromatic carbocycles. The molecular weight excluding hydrogens is 1320 g/mol. The molecule has 0 heterocycles. The molecule has 0 amide bonds. The van der Waals surface area contributed by atoms with Crippen LogP contribution in [0.15, 0.2) is 0 Å². The van der Waals surface area contributed by atoms with Gasteiger partial charge in [0.05, 0.1) is 37.9 Å². The molecule has 0 saturated carbocycles. The minimum absolute atomic E-state index is 0.0478. The van der Waals surface area contributed by atoms with Gasteiger partial charge < -0.3 is 0 Å². The van der Waals surface area contributed by atoms with E-state index in [-0.39, 0.29) is 98.7 Å². The molecular formula is C77H149F21. The van der Waals surface area contributed by atoms with Crippen molar-refractivity contribution >= 4 is 0 Å². The molecule has 0 aliphatic rings. The van der Waals surface area contributed by atoms with Gasteiger partial charge in [0.1, 0.15) is 0 Å². The van der Waals surface area contributed by atoms with Gasteiger partial charge in [0, 0.05) is 0 Å². The van der Waals surface area contributed by atoms with E-state index in [0.717, 1.165) is 0 Å². The van der Waals surface area contributed by atoms with Gasteiger partial charge in [0.15, 0.2) is 0 Å². The van der Waals surface area contributed by atoms with Gasteiger partial charge in [-0.1, -0.05) is 288 Å². The fourth-order valence-corrected chi connectivity index (χ4v) is 13.4. The molecule has 604 valence electrons. The molecule has 0 radical (unpaired) electrons. The molecule has 0 N–H and O–H groups in total. The summed E-state index contributed by atoms with van der Waals surface area (Å²) in [5.41, 5.74) is -10.4. The van der Waals surface area contributed by atoms with Crippen molar-refractivity contribution in [3.05, 3.63) is 0 Å². The third-order valence-electron chi connectivity index (χ3n) is 24.6. The second-order valence-electron chi connectivity index (χ2n) is 32.6. The minimum Gasteiger partial charge on any atom is -0.171 e. The molecule has 0 aliphatic heterocycles. The summed E-state index contributed by atoms with van der Waals surface area (Å²) in [5, 5.41) is 0. The largest absolute Gasteiger partial charge is 0.394 e. The van der Waals surface area contributed by atoms with Gasteiger partial charge in [-0.3, -0.25) is 0 Å². The summed E-state index contributed by atoms with van der Waals surface area (Å²) >= 11 is 0. The van der Waals surface area contributed by atoms with Crippen LogP contribution in [0.2, 0.25) is 0 Å². The number of hydrogen-bond acceptors (Lipinski definition) is 0. The first-order chi connectivity index (χ1) is 43.0. The predicted molar refractivity (Wildman–Crippen MR) is 374 cm³/mol. The van der Waals surface area contributed by atoms with E-state index >= 15 is 0 Å². The highest BCUT2D eigenvalue weighted by Gasteiger charge is 2.60. The molecule has 0 aromatic rings. The summed E-state index contributed by atoms with van der Waals surface area (Å²) < 4.78 is 265. The Kier molecular flexibility index (Phi) is 50.3. The van der Waals surface area contributed by atoms with Gasteiger partial charge in [0.25, 0.3) is 0 Å². The van der Waals surface area contributed by atoms with Crippen LogP contribution in [0.5, 0.6) is 0 Å². The number of hydrogen-bond donors (Lipinski definition) is 0. The summed E-state index contributed by atoms with van der Waals surface area (Å²) in [4.78, 5) is 0. The lowest BCUT2D eigenvalue weighted by Crippen LogP contribution is -2.47.